The quantitative estimate of drug-likeness (QED) is 0.606. The smallest absolute Gasteiger partial charge is 0.234 e. The van der Waals surface area contributed by atoms with Crippen LogP contribution in [-0.4, -0.2) is 42.9 Å². The Kier molecular flexibility index (Phi) is 6.40. The highest BCUT2D eigenvalue weighted by Crippen LogP contribution is 2.29. The van der Waals surface area contributed by atoms with E-state index >= 15 is 0 Å². The summed E-state index contributed by atoms with van der Waals surface area (Å²) in [6.07, 6.45) is 0. The molecular weight excluding hydrogens is 408 g/mol. The normalized spacial score (nSPS) is 13.8. The van der Waals surface area contributed by atoms with Gasteiger partial charge in [0.05, 0.1) is 41.4 Å². The van der Waals surface area contributed by atoms with Crippen LogP contribution in [0.3, 0.4) is 0 Å². The SMILES string of the molecule is Cc1ccc2cc(C#N)c(SCC(=O)Nc3ccccc3N3CCOCC3)nc2c1C. The number of rotatable bonds is 5. The number of nitrogens with one attached hydrogen (secondary N) is 1. The minimum absolute atomic E-state index is 0.127. The van der Waals surface area contributed by atoms with Crippen molar-refractivity contribution in [2.45, 2.75) is 18.9 Å². The molecular formula is C24H24N4O2S. The number of nitriles is 1. The maximum absolute atomic E-state index is 12.7. The molecule has 0 aliphatic carbocycles. The molecule has 31 heavy (non-hydrogen) atoms. The zero-order valence-corrected chi connectivity index (χ0v) is 18.5. The summed E-state index contributed by atoms with van der Waals surface area (Å²) in [5, 5.41) is 14.1. The molecule has 1 saturated heterocycles. The van der Waals surface area contributed by atoms with E-state index in [2.05, 4.69) is 16.3 Å². The van der Waals surface area contributed by atoms with Crippen LogP contribution in [0.1, 0.15) is 16.7 Å². The summed E-state index contributed by atoms with van der Waals surface area (Å²) >= 11 is 1.29. The predicted molar refractivity (Wildman–Crippen MR) is 125 cm³/mol. The number of amides is 1. The standard InChI is InChI=1S/C24H24N4O2S/c1-16-7-8-18-13-19(14-25)24(27-23(18)17(16)2)31-15-22(29)26-20-5-3-4-6-21(20)28-9-11-30-12-10-28/h3-8,13H,9-12,15H2,1-2H3,(H,26,29). The molecule has 4 rings (SSSR count). The molecule has 1 aliphatic rings. The zero-order valence-electron chi connectivity index (χ0n) is 17.6. The molecule has 1 aliphatic heterocycles. The first-order valence-electron chi connectivity index (χ1n) is 10.2. The lowest BCUT2D eigenvalue weighted by Crippen LogP contribution is -2.36. The number of benzene rings is 2. The Morgan fingerprint density at radius 2 is 2.00 bits per heavy atom. The van der Waals surface area contributed by atoms with Crippen LogP contribution in [0.4, 0.5) is 11.4 Å². The van der Waals surface area contributed by atoms with Crippen LogP contribution < -0.4 is 10.2 Å². The molecule has 1 N–H and O–H groups in total. The lowest BCUT2D eigenvalue weighted by atomic mass is 10.0. The monoisotopic (exact) mass is 432 g/mol. The summed E-state index contributed by atoms with van der Waals surface area (Å²) in [5.74, 6) is 0.0487. The number of para-hydroxylation sites is 2. The fourth-order valence-electron chi connectivity index (χ4n) is 3.64. The third-order valence-electron chi connectivity index (χ3n) is 5.47. The molecule has 2 heterocycles. The maximum atomic E-state index is 12.7. The van der Waals surface area contributed by atoms with Crippen LogP contribution in [0.15, 0.2) is 47.5 Å². The van der Waals surface area contributed by atoms with Gasteiger partial charge in [0.25, 0.3) is 0 Å². The number of thioether (sulfide) groups is 1. The summed E-state index contributed by atoms with van der Waals surface area (Å²) in [4.78, 5) is 19.7. The van der Waals surface area contributed by atoms with E-state index in [1.54, 1.807) is 0 Å². The number of morpholine rings is 1. The molecule has 7 heteroatoms. The van der Waals surface area contributed by atoms with Crippen LogP contribution in [0.25, 0.3) is 10.9 Å². The van der Waals surface area contributed by atoms with Crippen molar-refractivity contribution in [3.8, 4) is 6.07 Å². The molecule has 1 fully saturated rings. The van der Waals surface area contributed by atoms with Gasteiger partial charge >= 0.3 is 0 Å². The van der Waals surface area contributed by atoms with Crippen molar-refractivity contribution in [3.63, 3.8) is 0 Å². The molecule has 6 nitrogen and oxygen atoms in total. The number of ether oxygens (including phenoxy) is 1. The second-order valence-electron chi connectivity index (χ2n) is 7.49. The topological polar surface area (TPSA) is 78.2 Å². The van der Waals surface area contributed by atoms with E-state index in [4.69, 9.17) is 9.72 Å². The lowest BCUT2D eigenvalue weighted by molar-refractivity contribution is -0.113. The van der Waals surface area contributed by atoms with Crippen LogP contribution >= 0.6 is 11.8 Å². The molecule has 0 atom stereocenters. The van der Waals surface area contributed by atoms with Crippen molar-refractivity contribution < 1.29 is 9.53 Å². The fourth-order valence-corrected chi connectivity index (χ4v) is 4.39. The Morgan fingerprint density at radius 3 is 2.77 bits per heavy atom. The van der Waals surface area contributed by atoms with Crippen molar-refractivity contribution in [2.75, 3.05) is 42.3 Å². The number of aryl methyl sites for hydroxylation is 2. The van der Waals surface area contributed by atoms with E-state index in [-0.39, 0.29) is 11.7 Å². The Balaban J connectivity index is 1.50. The molecule has 0 unspecified atom stereocenters. The average molecular weight is 433 g/mol. The number of nitrogens with zero attached hydrogens (tertiary/aromatic N) is 3. The Hall–Kier alpha value is -3.08. The molecule has 0 saturated carbocycles. The van der Waals surface area contributed by atoms with Gasteiger partial charge in [-0.25, -0.2) is 4.98 Å². The van der Waals surface area contributed by atoms with Gasteiger partial charge < -0.3 is 15.0 Å². The van der Waals surface area contributed by atoms with Gasteiger partial charge in [0.2, 0.25) is 5.91 Å². The maximum Gasteiger partial charge on any atom is 0.234 e. The van der Waals surface area contributed by atoms with Gasteiger partial charge in [-0.3, -0.25) is 4.79 Å². The van der Waals surface area contributed by atoms with Gasteiger partial charge in [-0.15, -0.1) is 0 Å². The summed E-state index contributed by atoms with van der Waals surface area (Å²) in [5.41, 5.74) is 5.39. The zero-order chi connectivity index (χ0) is 21.8. The highest BCUT2D eigenvalue weighted by molar-refractivity contribution is 8.00. The summed E-state index contributed by atoms with van der Waals surface area (Å²) in [7, 11) is 0. The molecule has 1 amide bonds. The minimum Gasteiger partial charge on any atom is -0.378 e. The van der Waals surface area contributed by atoms with Gasteiger partial charge in [0.15, 0.2) is 0 Å². The van der Waals surface area contributed by atoms with E-state index in [1.165, 1.54) is 11.8 Å². The van der Waals surface area contributed by atoms with E-state index < -0.39 is 0 Å². The highest BCUT2D eigenvalue weighted by Gasteiger charge is 2.17. The molecule has 0 spiro atoms. The van der Waals surface area contributed by atoms with Crippen molar-refractivity contribution in [1.82, 2.24) is 4.98 Å². The summed E-state index contributed by atoms with van der Waals surface area (Å²) < 4.78 is 5.43. The van der Waals surface area contributed by atoms with Gasteiger partial charge in [0.1, 0.15) is 11.1 Å². The van der Waals surface area contributed by atoms with E-state index in [1.807, 2.05) is 56.3 Å². The van der Waals surface area contributed by atoms with Crippen LogP contribution in [0.5, 0.6) is 0 Å². The van der Waals surface area contributed by atoms with Gasteiger partial charge in [0, 0.05) is 18.5 Å². The van der Waals surface area contributed by atoms with Crippen LogP contribution in [0.2, 0.25) is 0 Å². The number of hydrogen-bond acceptors (Lipinski definition) is 6. The van der Waals surface area contributed by atoms with Crippen molar-refractivity contribution in [2.24, 2.45) is 0 Å². The lowest BCUT2D eigenvalue weighted by Gasteiger charge is -2.30. The highest BCUT2D eigenvalue weighted by atomic mass is 32.2. The van der Waals surface area contributed by atoms with E-state index in [0.717, 1.165) is 46.5 Å². The van der Waals surface area contributed by atoms with Crippen LogP contribution in [-0.2, 0) is 9.53 Å². The summed E-state index contributed by atoms with van der Waals surface area (Å²) in [6, 6.07) is 15.9. The largest absolute Gasteiger partial charge is 0.378 e. The molecule has 1 aromatic heterocycles. The first kappa shape index (κ1) is 21.2. The van der Waals surface area contributed by atoms with Gasteiger partial charge in [-0.2, -0.15) is 5.26 Å². The first-order valence-corrected chi connectivity index (χ1v) is 11.2. The number of aromatic nitrogens is 1. The first-order chi connectivity index (χ1) is 15.1. The van der Waals surface area contributed by atoms with Crippen molar-refractivity contribution in [1.29, 1.82) is 5.26 Å². The molecule has 0 radical (unpaired) electrons. The van der Waals surface area contributed by atoms with E-state index in [0.29, 0.717) is 23.8 Å². The number of hydrogen-bond donors (Lipinski definition) is 1. The number of carbonyl (C=O) groups is 1. The summed E-state index contributed by atoms with van der Waals surface area (Å²) in [6.45, 7) is 7.03. The van der Waals surface area contributed by atoms with Crippen molar-refractivity contribution >= 4 is 39.9 Å². The molecule has 2 aromatic carbocycles. The third kappa shape index (κ3) is 4.66. The number of fused-ring (bicyclic) bond motifs is 1. The third-order valence-corrected chi connectivity index (χ3v) is 6.46. The fraction of sp³-hybridized carbons (Fsp3) is 0.292. The molecule has 0 bridgehead atoms. The minimum atomic E-state index is -0.127. The number of carbonyl (C=O) groups excluding carboxylic acids is 1. The second-order valence-corrected chi connectivity index (χ2v) is 8.45. The van der Waals surface area contributed by atoms with Gasteiger partial charge in [-0.05, 0) is 43.2 Å². The molecule has 3 aromatic rings. The Bertz CT molecular complexity index is 1170. The molecule has 158 valence electrons. The van der Waals surface area contributed by atoms with Gasteiger partial charge in [-0.1, -0.05) is 36.0 Å². The number of anilines is 2. The van der Waals surface area contributed by atoms with Crippen molar-refractivity contribution in [3.05, 3.63) is 59.2 Å². The van der Waals surface area contributed by atoms with E-state index in [9.17, 15) is 10.1 Å². The number of pyridine rings is 1. The Morgan fingerprint density at radius 1 is 1.23 bits per heavy atom. The second kappa shape index (κ2) is 9.38. The van der Waals surface area contributed by atoms with Crippen LogP contribution in [0, 0.1) is 25.2 Å². The average Bonchev–Trinajstić information content (AvgIpc) is 2.80. The predicted octanol–water partition coefficient (Wildman–Crippen LogP) is 4.29. The Labute approximate surface area is 186 Å².